The van der Waals surface area contributed by atoms with Gasteiger partial charge in [0.1, 0.15) is 4.83 Å². The Morgan fingerprint density at radius 2 is 2.10 bits per heavy atom. The van der Waals surface area contributed by atoms with Crippen LogP contribution in [0.3, 0.4) is 0 Å². The van der Waals surface area contributed by atoms with Gasteiger partial charge in [0.15, 0.2) is 5.16 Å². The van der Waals surface area contributed by atoms with Crippen LogP contribution in [0.4, 0.5) is 0 Å². The molecule has 1 N–H and O–H groups in total. The Balaban J connectivity index is 1.88. The lowest BCUT2D eigenvalue weighted by molar-refractivity contribution is -0.133. The average Bonchev–Trinajstić information content (AvgIpc) is 3.28. The molecule has 0 radical (unpaired) electrons. The first kappa shape index (κ1) is 18.4. The number of hydrogen-bond acceptors (Lipinski definition) is 6. The van der Waals surface area contributed by atoms with Crippen LogP contribution in [0.15, 0.2) is 40.3 Å². The van der Waals surface area contributed by atoms with Crippen molar-refractivity contribution in [1.29, 1.82) is 0 Å². The summed E-state index contributed by atoms with van der Waals surface area (Å²) < 4.78 is 3.44. The second-order valence-corrected chi connectivity index (χ2v) is 9.33. The number of aryl methyl sites for hydroxylation is 1. The third-order valence-electron chi connectivity index (χ3n) is 5.27. The molecule has 1 aliphatic carbocycles. The fourth-order valence-electron chi connectivity index (χ4n) is 3.93. The minimum atomic E-state index is -0.918. The molecule has 0 bridgehead atoms. The summed E-state index contributed by atoms with van der Waals surface area (Å²) in [4.78, 5) is 26.8. The number of hydrogen-bond donors (Lipinski definition) is 1. The quantitative estimate of drug-likeness (QED) is 0.503. The van der Waals surface area contributed by atoms with Gasteiger partial charge >= 0.3 is 5.97 Å². The van der Waals surface area contributed by atoms with Gasteiger partial charge in [-0.05, 0) is 42.9 Å². The van der Waals surface area contributed by atoms with Crippen LogP contribution >= 0.6 is 23.1 Å². The van der Waals surface area contributed by atoms with Crippen molar-refractivity contribution in [3.05, 3.63) is 51.1 Å². The van der Waals surface area contributed by atoms with Gasteiger partial charge in [-0.15, -0.1) is 21.5 Å². The predicted octanol–water partition coefficient (Wildman–Crippen LogP) is 3.40. The highest BCUT2D eigenvalue weighted by Crippen LogP contribution is 2.38. The van der Waals surface area contributed by atoms with Gasteiger partial charge < -0.3 is 5.11 Å². The summed E-state index contributed by atoms with van der Waals surface area (Å²) in [5, 5.41) is 18.8. The number of carbonyl (C=O) groups is 1. The molecule has 0 aliphatic heterocycles. The molecule has 0 amide bonds. The zero-order valence-corrected chi connectivity index (χ0v) is 17.3. The lowest BCUT2D eigenvalue weighted by Crippen LogP contribution is -2.22. The summed E-state index contributed by atoms with van der Waals surface area (Å²) in [6.45, 7) is 2.23. The smallest absolute Gasteiger partial charge is 0.313 e. The highest BCUT2D eigenvalue weighted by molar-refractivity contribution is 7.99. The van der Waals surface area contributed by atoms with Crippen molar-refractivity contribution in [2.75, 3.05) is 5.75 Å². The average molecular weight is 427 g/mol. The summed E-state index contributed by atoms with van der Waals surface area (Å²) in [7, 11) is 0. The van der Waals surface area contributed by atoms with Gasteiger partial charge in [0.05, 0.1) is 16.8 Å². The highest BCUT2D eigenvalue weighted by Gasteiger charge is 2.27. The van der Waals surface area contributed by atoms with E-state index in [1.54, 1.807) is 15.9 Å². The Hall–Kier alpha value is -2.65. The molecule has 1 aliphatic rings. The lowest BCUT2D eigenvalue weighted by Gasteiger charge is -2.17. The first-order valence-electron chi connectivity index (χ1n) is 9.39. The lowest BCUT2D eigenvalue weighted by atomic mass is 9.89. The molecule has 3 heterocycles. The Bertz CT molecular complexity index is 1310. The Morgan fingerprint density at radius 3 is 2.86 bits per heavy atom. The van der Waals surface area contributed by atoms with Crippen LogP contribution in [-0.2, 0) is 17.6 Å². The highest BCUT2D eigenvalue weighted by atomic mass is 32.2. The zero-order valence-electron chi connectivity index (χ0n) is 15.7. The van der Waals surface area contributed by atoms with E-state index in [4.69, 9.17) is 5.11 Å². The summed E-state index contributed by atoms with van der Waals surface area (Å²) in [5.41, 5.74) is 1.76. The summed E-state index contributed by atoms with van der Waals surface area (Å²) in [6, 6.07) is 9.39. The minimum absolute atomic E-state index is 0.0899. The van der Waals surface area contributed by atoms with Gasteiger partial charge in [-0.25, -0.2) is 8.97 Å². The van der Waals surface area contributed by atoms with Crippen LogP contribution in [-0.4, -0.2) is 36.0 Å². The first-order valence-corrected chi connectivity index (χ1v) is 11.2. The number of benzene rings is 1. The molecule has 7 nitrogen and oxygen atoms in total. The number of aliphatic carboxylic acids is 1. The van der Waals surface area contributed by atoms with E-state index in [1.807, 2.05) is 34.7 Å². The second-order valence-electron chi connectivity index (χ2n) is 7.31. The van der Waals surface area contributed by atoms with E-state index in [-0.39, 0.29) is 11.3 Å². The maximum atomic E-state index is 13.6. The maximum Gasteiger partial charge on any atom is 0.313 e. The fraction of sp³-hybridized carbons (Fsp3) is 0.300. The number of carboxylic acid groups (broad SMARTS) is 1. The molecule has 9 heteroatoms. The molecular weight excluding hydrogens is 408 g/mol. The minimum Gasteiger partial charge on any atom is -0.481 e. The standard InChI is InChI=1S/C20H18N4O3S2/c1-11-7-8-13-14(9-11)29-18-16(13)17(27)23(12-5-3-2-4-6-12)19-21-22-20(24(18)19)28-10-15(25)26/h2-6,11H,7-10H2,1H3,(H,25,26)/t11-/m1/s1. The van der Waals surface area contributed by atoms with Crippen molar-refractivity contribution in [1.82, 2.24) is 19.2 Å². The van der Waals surface area contributed by atoms with E-state index in [1.165, 1.54) is 4.88 Å². The van der Waals surface area contributed by atoms with Crippen LogP contribution in [0.25, 0.3) is 21.7 Å². The molecule has 0 unspecified atom stereocenters. The number of nitrogens with zero attached hydrogens (tertiary/aromatic N) is 4. The van der Waals surface area contributed by atoms with E-state index in [9.17, 15) is 9.59 Å². The predicted molar refractivity (Wildman–Crippen MR) is 114 cm³/mol. The third kappa shape index (κ3) is 2.96. The topological polar surface area (TPSA) is 89.5 Å². The number of aromatic nitrogens is 4. The molecule has 1 aromatic carbocycles. The molecule has 3 aromatic heterocycles. The largest absolute Gasteiger partial charge is 0.481 e. The van der Waals surface area contributed by atoms with E-state index in [2.05, 4.69) is 17.1 Å². The maximum absolute atomic E-state index is 13.6. The molecule has 0 fully saturated rings. The van der Waals surface area contributed by atoms with Gasteiger partial charge in [0, 0.05) is 4.88 Å². The van der Waals surface area contributed by atoms with Crippen LogP contribution in [0.1, 0.15) is 23.8 Å². The van der Waals surface area contributed by atoms with Gasteiger partial charge in [0.2, 0.25) is 5.78 Å². The third-order valence-corrected chi connectivity index (χ3v) is 7.42. The Labute approximate surface area is 174 Å². The van der Waals surface area contributed by atoms with E-state index >= 15 is 0 Å². The van der Waals surface area contributed by atoms with Gasteiger partial charge in [-0.1, -0.05) is 36.9 Å². The number of carboxylic acids is 1. The van der Waals surface area contributed by atoms with Crippen LogP contribution in [0.5, 0.6) is 0 Å². The molecular formula is C20H18N4O3S2. The van der Waals surface area contributed by atoms with Crippen molar-refractivity contribution >= 4 is 45.1 Å². The SMILES string of the molecule is C[C@@H]1CCc2c(sc3c2c(=O)n(-c2ccccc2)c2nnc(SCC(=O)O)n32)C1. The molecule has 0 spiro atoms. The van der Waals surface area contributed by atoms with Crippen molar-refractivity contribution < 1.29 is 9.90 Å². The molecule has 4 aromatic rings. The Kier molecular flexibility index (Phi) is 4.44. The van der Waals surface area contributed by atoms with Crippen LogP contribution < -0.4 is 5.56 Å². The summed E-state index contributed by atoms with van der Waals surface area (Å²) in [5.74, 6) is -0.0365. The molecule has 29 heavy (non-hydrogen) atoms. The number of para-hydroxylation sites is 1. The molecule has 0 saturated heterocycles. The molecule has 1 atom stereocenters. The first-order chi connectivity index (χ1) is 14.0. The number of thiophene rings is 1. The monoisotopic (exact) mass is 426 g/mol. The molecule has 5 rings (SSSR count). The van der Waals surface area contributed by atoms with Gasteiger partial charge in [-0.3, -0.25) is 9.59 Å². The number of rotatable bonds is 4. The van der Waals surface area contributed by atoms with Crippen molar-refractivity contribution in [2.45, 2.75) is 31.3 Å². The van der Waals surface area contributed by atoms with E-state index in [0.717, 1.165) is 47.1 Å². The van der Waals surface area contributed by atoms with Gasteiger partial charge in [0.25, 0.3) is 5.56 Å². The van der Waals surface area contributed by atoms with Crippen molar-refractivity contribution in [2.24, 2.45) is 5.92 Å². The normalized spacial score (nSPS) is 16.4. The van der Waals surface area contributed by atoms with Crippen molar-refractivity contribution in [3.8, 4) is 5.69 Å². The van der Waals surface area contributed by atoms with E-state index in [0.29, 0.717) is 22.2 Å². The molecule has 148 valence electrons. The van der Waals surface area contributed by atoms with Gasteiger partial charge in [-0.2, -0.15) is 0 Å². The number of thioether (sulfide) groups is 1. The fourth-order valence-corrected chi connectivity index (χ4v) is 6.14. The zero-order chi connectivity index (χ0) is 20.1. The summed E-state index contributed by atoms with van der Waals surface area (Å²) in [6.07, 6.45) is 2.90. The molecule has 0 saturated carbocycles. The summed E-state index contributed by atoms with van der Waals surface area (Å²) >= 11 is 2.73. The number of fused-ring (bicyclic) bond motifs is 5. The van der Waals surface area contributed by atoms with E-state index < -0.39 is 5.97 Å². The van der Waals surface area contributed by atoms with Crippen LogP contribution in [0.2, 0.25) is 0 Å². The van der Waals surface area contributed by atoms with Crippen molar-refractivity contribution in [3.63, 3.8) is 0 Å². The van der Waals surface area contributed by atoms with Crippen LogP contribution in [0, 0.1) is 5.92 Å². The Morgan fingerprint density at radius 1 is 1.31 bits per heavy atom. The second kappa shape index (κ2) is 7.00.